The summed E-state index contributed by atoms with van der Waals surface area (Å²) in [6.45, 7) is 5.76. The molecule has 1 aromatic carbocycles. The van der Waals surface area contributed by atoms with Gasteiger partial charge < -0.3 is 14.7 Å². The Kier molecular flexibility index (Phi) is 7.29. The SMILES string of the molecule is CC(=O)c1ccc(N2CCN(C(=O)C3CCN(C(=O)C4CC(c5ccncc5)NN4)CC3)CC2)cc1. The van der Waals surface area contributed by atoms with E-state index in [4.69, 9.17) is 0 Å². The van der Waals surface area contributed by atoms with Crippen LogP contribution >= 0.6 is 0 Å². The van der Waals surface area contributed by atoms with E-state index in [0.29, 0.717) is 51.0 Å². The molecule has 9 nitrogen and oxygen atoms in total. The highest BCUT2D eigenvalue weighted by Crippen LogP contribution is 2.26. The monoisotopic (exact) mass is 490 g/mol. The number of carbonyl (C=O) groups excluding carboxylic acids is 3. The second-order valence-corrected chi connectivity index (χ2v) is 9.93. The van der Waals surface area contributed by atoms with E-state index in [9.17, 15) is 14.4 Å². The van der Waals surface area contributed by atoms with Gasteiger partial charge in [0, 0.05) is 74.9 Å². The number of Topliss-reactive ketones (excluding diaryl/α,β-unsaturated/α-hetero) is 1. The van der Waals surface area contributed by atoms with Gasteiger partial charge in [-0.25, -0.2) is 10.9 Å². The fourth-order valence-corrected chi connectivity index (χ4v) is 5.45. The summed E-state index contributed by atoms with van der Waals surface area (Å²) in [7, 11) is 0. The van der Waals surface area contributed by atoms with Gasteiger partial charge in [0.25, 0.3) is 0 Å². The quantitative estimate of drug-likeness (QED) is 0.617. The molecule has 3 aliphatic heterocycles. The number of amides is 2. The molecule has 190 valence electrons. The minimum Gasteiger partial charge on any atom is -0.368 e. The fourth-order valence-electron chi connectivity index (χ4n) is 5.45. The van der Waals surface area contributed by atoms with Gasteiger partial charge in [-0.1, -0.05) is 0 Å². The summed E-state index contributed by atoms with van der Waals surface area (Å²) >= 11 is 0. The summed E-state index contributed by atoms with van der Waals surface area (Å²) < 4.78 is 0. The number of piperidine rings is 1. The maximum absolute atomic E-state index is 13.2. The normalized spacial score (nSPS) is 23.1. The predicted octanol–water partition coefficient (Wildman–Crippen LogP) is 1.78. The van der Waals surface area contributed by atoms with E-state index < -0.39 is 0 Å². The van der Waals surface area contributed by atoms with Crippen molar-refractivity contribution in [3.8, 4) is 0 Å². The Morgan fingerprint density at radius 1 is 0.806 bits per heavy atom. The number of aromatic nitrogens is 1. The predicted molar refractivity (Wildman–Crippen MR) is 136 cm³/mol. The summed E-state index contributed by atoms with van der Waals surface area (Å²) in [6.07, 6.45) is 5.65. The van der Waals surface area contributed by atoms with Gasteiger partial charge in [0.05, 0.1) is 0 Å². The Morgan fingerprint density at radius 2 is 1.44 bits per heavy atom. The van der Waals surface area contributed by atoms with Crippen LogP contribution in [0.15, 0.2) is 48.8 Å². The smallest absolute Gasteiger partial charge is 0.241 e. The Morgan fingerprint density at radius 3 is 2.08 bits per heavy atom. The molecule has 3 saturated heterocycles. The minimum absolute atomic E-state index is 0.0188. The number of piperazine rings is 1. The van der Waals surface area contributed by atoms with Crippen LogP contribution in [0.2, 0.25) is 0 Å². The van der Waals surface area contributed by atoms with Crippen LogP contribution in [0.4, 0.5) is 5.69 Å². The van der Waals surface area contributed by atoms with E-state index in [1.54, 1.807) is 19.3 Å². The van der Waals surface area contributed by atoms with Crippen LogP contribution in [-0.4, -0.2) is 77.7 Å². The molecule has 0 radical (unpaired) electrons. The van der Waals surface area contributed by atoms with Crippen LogP contribution in [0.3, 0.4) is 0 Å². The van der Waals surface area contributed by atoms with Crippen LogP contribution < -0.4 is 15.8 Å². The van der Waals surface area contributed by atoms with E-state index in [1.807, 2.05) is 46.2 Å². The molecule has 2 atom stereocenters. The fraction of sp³-hybridized carbons (Fsp3) is 0.481. The number of nitrogens with zero attached hydrogens (tertiary/aromatic N) is 4. The lowest BCUT2D eigenvalue weighted by molar-refractivity contribution is -0.141. The molecule has 36 heavy (non-hydrogen) atoms. The van der Waals surface area contributed by atoms with Crippen LogP contribution in [0.5, 0.6) is 0 Å². The Balaban J connectivity index is 1.07. The first-order valence-corrected chi connectivity index (χ1v) is 12.8. The second kappa shape index (κ2) is 10.8. The number of carbonyl (C=O) groups is 3. The highest BCUT2D eigenvalue weighted by molar-refractivity contribution is 5.94. The number of benzene rings is 1. The van der Waals surface area contributed by atoms with Gasteiger partial charge >= 0.3 is 0 Å². The topological polar surface area (TPSA) is 97.9 Å². The van der Waals surface area contributed by atoms with Gasteiger partial charge in [0.1, 0.15) is 6.04 Å². The third-order valence-corrected chi connectivity index (χ3v) is 7.70. The number of hydrogen-bond acceptors (Lipinski definition) is 7. The Hall–Kier alpha value is -3.30. The average Bonchev–Trinajstić information content (AvgIpc) is 3.43. The van der Waals surface area contributed by atoms with Crippen LogP contribution in [0, 0.1) is 5.92 Å². The summed E-state index contributed by atoms with van der Waals surface area (Å²) in [4.78, 5) is 48.0. The zero-order valence-corrected chi connectivity index (χ0v) is 20.7. The lowest BCUT2D eigenvalue weighted by Crippen LogP contribution is -2.53. The molecule has 3 aliphatic rings. The second-order valence-electron chi connectivity index (χ2n) is 9.93. The van der Waals surface area contributed by atoms with E-state index in [1.165, 1.54) is 0 Å². The summed E-state index contributed by atoms with van der Waals surface area (Å²) in [5.41, 5.74) is 9.30. The first-order valence-electron chi connectivity index (χ1n) is 12.8. The third-order valence-electron chi connectivity index (χ3n) is 7.70. The largest absolute Gasteiger partial charge is 0.368 e. The van der Waals surface area contributed by atoms with Crippen LogP contribution in [0.1, 0.15) is 48.1 Å². The highest BCUT2D eigenvalue weighted by atomic mass is 16.2. The number of pyridine rings is 1. The van der Waals surface area contributed by atoms with Crippen molar-refractivity contribution in [2.24, 2.45) is 5.92 Å². The van der Waals surface area contributed by atoms with Crippen molar-refractivity contribution in [1.82, 2.24) is 25.6 Å². The minimum atomic E-state index is -0.256. The van der Waals surface area contributed by atoms with Crippen molar-refractivity contribution >= 4 is 23.3 Å². The lowest BCUT2D eigenvalue weighted by Gasteiger charge is -2.39. The number of anilines is 1. The van der Waals surface area contributed by atoms with Gasteiger partial charge in [-0.2, -0.15) is 0 Å². The number of hydrazine groups is 1. The molecule has 5 rings (SSSR count). The molecule has 0 bridgehead atoms. The van der Waals surface area contributed by atoms with Crippen molar-refractivity contribution in [1.29, 1.82) is 0 Å². The maximum atomic E-state index is 13.2. The molecular formula is C27H34N6O3. The standard InChI is InChI=1S/C27H34N6O3/c1-19(34)20-2-4-23(5-3-20)31-14-16-33(17-15-31)26(35)22-8-12-32(13-9-22)27(36)25-18-24(29-30-25)21-6-10-28-11-7-21/h2-7,10-11,22,24-25,29-30H,8-9,12-18H2,1H3. The molecule has 2 amide bonds. The van der Waals surface area contributed by atoms with Gasteiger partial charge in [-0.3, -0.25) is 19.4 Å². The van der Waals surface area contributed by atoms with Crippen LogP contribution in [-0.2, 0) is 9.59 Å². The molecule has 0 spiro atoms. The maximum Gasteiger partial charge on any atom is 0.241 e. The number of ketones is 1. The van der Waals surface area contributed by atoms with E-state index >= 15 is 0 Å². The van der Waals surface area contributed by atoms with Gasteiger partial charge in [0.15, 0.2) is 5.78 Å². The Labute approximate surface area is 211 Å². The zero-order chi connectivity index (χ0) is 25.1. The molecule has 2 unspecified atom stereocenters. The molecule has 0 saturated carbocycles. The zero-order valence-electron chi connectivity index (χ0n) is 20.7. The molecular weight excluding hydrogens is 456 g/mol. The van der Waals surface area contributed by atoms with Crippen molar-refractivity contribution in [2.75, 3.05) is 44.2 Å². The molecule has 2 N–H and O–H groups in total. The molecule has 9 heteroatoms. The Bertz CT molecular complexity index is 1080. The van der Waals surface area contributed by atoms with Crippen molar-refractivity contribution in [2.45, 2.75) is 38.3 Å². The number of nitrogens with one attached hydrogen (secondary N) is 2. The van der Waals surface area contributed by atoms with E-state index in [2.05, 4.69) is 20.7 Å². The molecule has 1 aromatic heterocycles. The highest BCUT2D eigenvalue weighted by Gasteiger charge is 2.36. The van der Waals surface area contributed by atoms with Crippen LogP contribution in [0.25, 0.3) is 0 Å². The molecule has 4 heterocycles. The van der Waals surface area contributed by atoms with Crippen molar-refractivity contribution < 1.29 is 14.4 Å². The van der Waals surface area contributed by atoms with Crippen molar-refractivity contribution in [3.63, 3.8) is 0 Å². The van der Waals surface area contributed by atoms with E-state index in [-0.39, 0.29) is 35.6 Å². The van der Waals surface area contributed by atoms with Crippen molar-refractivity contribution in [3.05, 3.63) is 59.9 Å². The number of rotatable bonds is 5. The average molecular weight is 491 g/mol. The summed E-state index contributed by atoms with van der Waals surface area (Å²) in [5.74, 6) is 0.367. The third kappa shape index (κ3) is 5.27. The first-order chi connectivity index (χ1) is 17.5. The molecule has 2 aromatic rings. The number of hydrogen-bond donors (Lipinski definition) is 2. The van der Waals surface area contributed by atoms with Gasteiger partial charge in [-0.05, 0) is 68.1 Å². The lowest BCUT2D eigenvalue weighted by atomic mass is 9.94. The van der Waals surface area contributed by atoms with E-state index in [0.717, 1.165) is 24.3 Å². The first kappa shape index (κ1) is 24.4. The summed E-state index contributed by atoms with van der Waals surface area (Å²) in [5, 5.41) is 0. The van der Waals surface area contributed by atoms with Gasteiger partial charge in [0.2, 0.25) is 11.8 Å². The summed E-state index contributed by atoms with van der Waals surface area (Å²) in [6, 6.07) is 11.5. The molecule has 0 aliphatic carbocycles. The van der Waals surface area contributed by atoms with Gasteiger partial charge in [-0.15, -0.1) is 0 Å². The number of likely N-dealkylation sites (tertiary alicyclic amines) is 1. The molecule has 3 fully saturated rings.